The number of hydrogen-bond acceptors (Lipinski definition) is 2. The number of unbranched alkanes of at least 4 members (excludes halogenated alkanes) is 9. The third kappa shape index (κ3) is 8.94. The summed E-state index contributed by atoms with van der Waals surface area (Å²) >= 11 is 0. The smallest absolute Gasteiger partial charge is 0.134 e. The van der Waals surface area contributed by atoms with Gasteiger partial charge in [0.05, 0.1) is 13.7 Å². The maximum Gasteiger partial charge on any atom is 0.134 e. The van der Waals surface area contributed by atoms with Gasteiger partial charge in [0.1, 0.15) is 11.5 Å². The van der Waals surface area contributed by atoms with E-state index in [4.69, 9.17) is 9.47 Å². The van der Waals surface area contributed by atoms with Crippen molar-refractivity contribution in [2.24, 2.45) is 0 Å². The molecule has 3 aromatic carbocycles. The van der Waals surface area contributed by atoms with E-state index in [1.165, 1.54) is 57.8 Å². The molecule has 0 radical (unpaired) electrons. The Labute approximate surface area is 213 Å². The monoisotopic (exact) mass is 470 g/mol. The summed E-state index contributed by atoms with van der Waals surface area (Å²) in [5.74, 6) is 1.78. The first-order chi connectivity index (χ1) is 17.3. The molecule has 0 saturated carbocycles. The standard InChI is InChI=1S/C33H42O2/c1-3-4-5-6-7-8-9-10-11-18-27-35-33(30-23-25-31(34-2)26-24-30)32(28-19-14-12-15-20-28)29-21-16-13-17-22-29/h12-17,19-26H,3-11,18,27H2,1-2H3. The van der Waals surface area contributed by atoms with Crippen molar-refractivity contribution in [3.8, 4) is 5.75 Å². The SMILES string of the molecule is CCCCCCCCCCCCOC(=C(c1ccccc1)c1ccccc1)c1ccc(OC)cc1. The topological polar surface area (TPSA) is 18.5 Å². The highest BCUT2D eigenvalue weighted by molar-refractivity contribution is 5.96. The summed E-state index contributed by atoms with van der Waals surface area (Å²) in [6, 6.07) is 29.3. The molecule has 0 saturated heterocycles. The van der Waals surface area contributed by atoms with Crippen LogP contribution in [0.1, 0.15) is 87.8 Å². The van der Waals surface area contributed by atoms with Gasteiger partial charge in [0.2, 0.25) is 0 Å². The van der Waals surface area contributed by atoms with Crippen LogP contribution in [0.25, 0.3) is 11.3 Å². The van der Waals surface area contributed by atoms with Crippen molar-refractivity contribution in [3.63, 3.8) is 0 Å². The zero-order valence-electron chi connectivity index (χ0n) is 21.7. The normalized spacial score (nSPS) is 10.7. The van der Waals surface area contributed by atoms with E-state index in [-0.39, 0.29) is 0 Å². The molecule has 0 heterocycles. The third-order valence-corrected chi connectivity index (χ3v) is 6.45. The van der Waals surface area contributed by atoms with E-state index in [0.29, 0.717) is 0 Å². The summed E-state index contributed by atoms with van der Waals surface area (Å²) in [6.07, 6.45) is 13.2. The van der Waals surface area contributed by atoms with Gasteiger partial charge in [0.25, 0.3) is 0 Å². The fraction of sp³-hybridized carbons (Fsp3) is 0.394. The maximum absolute atomic E-state index is 6.58. The minimum atomic E-state index is 0.723. The molecule has 0 fully saturated rings. The third-order valence-electron chi connectivity index (χ3n) is 6.45. The molecule has 35 heavy (non-hydrogen) atoms. The summed E-state index contributed by atoms with van der Waals surface area (Å²) in [7, 11) is 1.70. The highest BCUT2D eigenvalue weighted by atomic mass is 16.5. The van der Waals surface area contributed by atoms with Crippen molar-refractivity contribution in [3.05, 3.63) is 102 Å². The van der Waals surface area contributed by atoms with Gasteiger partial charge in [-0.15, -0.1) is 0 Å². The van der Waals surface area contributed by atoms with Gasteiger partial charge in [-0.05, 0) is 41.8 Å². The fourth-order valence-corrected chi connectivity index (χ4v) is 4.44. The molecule has 0 aromatic heterocycles. The fourth-order valence-electron chi connectivity index (χ4n) is 4.44. The summed E-state index contributed by atoms with van der Waals surface area (Å²) < 4.78 is 12.0. The lowest BCUT2D eigenvalue weighted by atomic mass is 9.94. The Morgan fingerprint density at radius 3 is 1.51 bits per heavy atom. The van der Waals surface area contributed by atoms with Crippen LogP contribution < -0.4 is 4.74 Å². The highest BCUT2D eigenvalue weighted by Gasteiger charge is 2.16. The number of methoxy groups -OCH3 is 1. The van der Waals surface area contributed by atoms with Gasteiger partial charge in [-0.3, -0.25) is 0 Å². The molecular formula is C33H42O2. The van der Waals surface area contributed by atoms with E-state index in [1.807, 2.05) is 12.1 Å². The second-order valence-corrected chi connectivity index (χ2v) is 9.20. The average Bonchev–Trinajstić information content (AvgIpc) is 2.92. The van der Waals surface area contributed by atoms with Gasteiger partial charge in [-0.25, -0.2) is 0 Å². The van der Waals surface area contributed by atoms with Crippen molar-refractivity contribution in [2.45, 2.75) is 71.1 Å². The lowest BCUT2D eigenvalue weighted by molar-refractivity contribution is 0.267. The van der Waals surface area contributed by atoms with Gasteiger partial charge in [-0.2, -0.15) is 0 Å². The first-order valence-electron chi connectivity index (χ1n) is 13.5. The molecule has 0 spiro atoms. The number of rotatable bonds is 16. The molecule has 2 heteroatoms. The van der Waals surface area contributed by atoms with Crippen molar-refractivity contribution in [1.82, 2.24) is 0 Å². The Morgan fingerprint density at radius 1 is 0.543 bits per heavy atom. The van der Waals surface area contributed by atoms with Crippen LogP contribution in [0.3, 0.4) is 0 Å². The molecule has 0 atom stereocenters. The summed E-state index contributed by atoms with van der Waals surface area (Å²) in [4.78, 5) is 0. The quantitative estimate of drug-likeness (QED) is 0.118. The zero-order chi connectivity index (χ0) is 24.6. The van der Waals surface area contributed by atoms with Crippen molar-refractivity contribution < 1.29 is 9.47 Å². The van der Waals surface area contributed by atoms with E-state index >= 15 is 0 Å². The largest absolute Gasteiger partial charge is 0.497 e. The van der Waals surface area contributed by atoms with Gasteiger partial charge in [0, 0.05) is 11.1 Å². The van der Waals surface area contributed by atoms with Gasteiger partial charge in [0.15, 0.2) is 0 Å². The second kappa shape index (κ2) is 15.8. The predicted octanol–water partition coefficient (Wildman–Crippen LogP) is 9.55. The van der Waals surface area contributed by atoms with E-state index in [1.54, 1.807) is 7.11 Å². The molecule has 0 N–H and O–H groups in total. The maximum atomic E-state index is 6.58. The summed E-state index contributed by atoms with van der Waals surface area (Å²) in [5, 5.41) is 0. The molecule has 0 aliphatic heterocycles. The molecular weight excluding hydrogens is 428 g/mol. The Balaban J connectivity index is 1.71. The van der Waals surface area contributed by atoms with E-state index in [0.717, 1.165) is 46.8 Å². The van der Waals surface area contributed by atoms with Gasteiger partial charge >= 0.3 is 0 Å². The van der Waals surface area contributed by atoms with E-state index in [2.05, 4.69) is 79.7 Å². The van der Waals surface area contributed by atoms with Crippen LogP contribution in [0, 0.1) is 0 Å². The number of benzene rings is 3. The second-order valence-electron chi connectivity index (χ2n) is 9.20. The lowest BCUT2D eigenvalue weighted by Crippen LogP contribution is -2.01. The Kier molecular flexibility index (Phi) is 12.0. The van der Waals surface area contributed by atoms with Gasteiger partial charge < -0.3 is 9.47 Å². The van der Waals surface area contributed by atoms with Crippen LogP contribution in [0.4, 0.5) is 0 Å². The molecule has 2 nitrogen and oxygen atoms in total. The molecule has 0 amide bonds. The Hall–Kier alpha value is -3.00. The van der Waals surface area contributed by atoms with Crippen molar-refractivity contribution in [2.75, 3.05) is 13.7 Å². The molecule has 0 aliphatic carbocycles. The minimum absolute atomic E-state index is 0.723. The van der Waals surface area contributed by atoms with Crippen LogP contribution in [-0.2, 0) is 4.74 Å². The first kappa shape index (κ1) is 26.6. The first-order valence-corrected chi connectivity index (χ1v) is 13.5. The average molecular weight is 471 g/mol. The van der Waals surface area contributed by atoms with Crippen LogP contribution in [0.15, 0.2) is 84.9 Å². The van der Waals surface area contributed by atoms with Crippen molar-refractivity contribution >= 4 is 11.3 Å². The van der Waals surface area contributed by atoms with Crippen molar-refractivity contribution in [1.29, 1.82) is 0 Å². The molecule has 0 aliphatic rings. The van der Waals surface area contributed by atoms with Gasteiger partial charge in [-0.1, -0.05) is 125 Å². The highest BCUT2D eigenvalue weighted by Crippen LogP contribution is 2.34. The zero-order valence-corrected chi connectivity index (χ0v) is 21.7. The number of ether oxygens (including phenoxy) is 2. The van der Waals surface area contributed by atoms with Crippen LogP contribution in [-0.4, -0.2) is 13.7 Å². The molecule has 0 bridgehead atoms. The summed E-state index contributed by atoms with van der Waals surface area (Å²) in [5.41, 5.74) is 4.52. The van der Waals surface area contributed by atoms with Crippen LogP contribution in [0.5, 0.6) is 5.75 Å². The Morgan fingerprint density at radius 2 is 1.03 bits per heavy atom. The van der Waals surface area contributed by atoms with Crippen LogP contribution >= 0.6 is 0 Å². The minimum Gasteiger partial charge on any atom is -0.497 e. The van der Waals surface area contributed by atoms with Crippen LogP contribution in [0.2, 0.25) is 0 Å². The van der Waals surface area contributed by atoms with E-state index in [9.17, 15) is 0 Å². The molecule has 3 rings (SSSR count). The van der Waals surface area contributed by atoms with E-state index < -0.39 is 0 Å². The predicted molar refractivity (Wildman–Crippen MR) is 150 cm³/mol. The lowest BCUT2D eigenvalue weighted by Gasteiger charge is -2.18. The molecule has 186 valence electrons. The molecule has 0 unspecified atom stereocenters. The molecule has 3 aromatic rings. The number of hydrogen-bond donors (Lipinski definition) is 0. The summed E-state index contributed by atoms with van der Waals surface area (Å²) in [6.45, 7) is 3.00. The Bertz CT molecular complexity index is 933.